The summed E-state index contributed by atoms with van der Waals surface area (Å²) in [5, 5.41) is 3.08. The summed E-state index contributed by atoms with van der Waals surface area (Å²) in [6.45, 7) is 4.91. The standard InChI is InChI=1S/C26H30FN3O5/c1-4-6-11-34-24-20(26(32)33-5-2)25(31)30-15-19(14-28-3)35-23-17(13-29-21(24)22(23)30)12-16-7-9-18(27)10-8-16/h7-10,13,19,28H,4-6,11-12,14-15H2,1-3H3/t19-/m1/s1. The first-order valence-corrected chi connectivity index (χ1v) is 11.9. The van der Waals surface area contributed by atoms with Gasteiger partial charge in [-0.1, -0.05) is 25.5 Å². The van der Waals surface area contributed by atoms with Gasteiger partial charge in [-0.3, -0.25) is 14.3 Å². The SMILES string of the molecule is CCCCOc1c(C(=O)OCC)c(=O)n2c3c(c(Cc4ccc(F)cc4)cnc13)O[C@H](CNC)C2. The van der Waals surface area contributed by atoms with Gasteiger partial charge in [0.15, 0.2) is 17.1 Å². The van der Waals surface area contributed by atoms with E-state index < -0.39 is 11.5 Å². The lowest BCUT2D eigenvalue weighted by molar-refractivity contribution is 0.0518. The molecule has 3 aromatic rings. The Hall–Kier alpha value is -3.46. The molecular formula is C26H30FN3O5. The number of pyridine rings is 2. The molecule has 0 fully saturated rings. The van der Waals surface area contributed by atoms with Crippen LogP contribution >= 0.6 is 0 Å². The molecule has 0 bridgehead atoms. The number of likely N-dealkylation sites (N-methyl/N-ethyl adjacent to an activating group) is 1. The highest BCUT2D eigenvalue weighted by Gasteiger charge is 2.32. The van der Waals surface area contributed by atoms with Crippen LogP contribution in [-0.2, 0) is 17.7 Å². The average Bonchev–Trinajstić information content (AvgIpc) is 2.84. The van der Waals surface area contributed by atoms with Gasteiger partial charge in [-0.25, -0.2) is 9.18 Å². The van der Waals surface area contributed by atoms with Crippen LogP contribution in [0.3, 0.4) is 0 Å². The molecule has 2 aromatic heterocycles. The summed E-state index contributed by atoms with van der Waals surface area (Å²) in [7, 11) is 1.80. The molecule has 186 valence electrons. The van der Waals surface area contributed by atoms with E-state index >= 15 is 0 Å². The molecular weight excluding hydrogens is 453 g/mol. The molecule has 0 saturated heterocycles. The van der Waals surface area contributed by atoms with Crippen molar-refractivity contribution in [1.82, 2.24) is 14.9 Å². The van der Waals surface area contributed by atoms with E-state index in [9.17, 15) is 14.0 Å². The first-order chi connectivity index (χ1) is 17.0. The number of halogens is 1. The second kappa shape index (κ2) is 10.9. The Morgan fingerprint density at radius 1 is 1.29 bits per heavy atom. The summed E-state index contributed by atoms with van der Waals surface area (Å²) in [4.78, 5) is 31.2. The van der Waals surface area contributed by atoms with Gasteiger partial charge in [0, 0.05) is 24.7 Å². The van der Waals surface area contributed by atoms with Crippen molar-refractivity contribution in [2.45, 2.75) is 45.8 Å². The molecule has 9 heteroatoms. The molecule has 3 heterocycles. The molecule has 1 N–H and O–H groups in total. The Morgan fingerprint density at radius 3 is 2.74 bits per heavy atom. The van der Waals surface area contributed by atoms with Crippen molar-refractivity contribution >= 4 is 17.0 Å². The van der Waals surface area contributed by atoms with Gasteiger partial charge in [0.1, 0.15) is 23.0 Å². The van der Waals surface area contributed by atoms with Gasteiger partial charge in [0.2, 0.25) is 0 Å². The number of hydrogen-bond donors (Lipinski definition) is 1. The number of esters is 1. The van der Waals surface area contributed by atoms with Crippen molar-refractivity contribution in [3.63, 3.8) is 0 Å². The first-order valence-electron chi connectivity index (χ1n) is 11.9. The van der Waals surface area contributed by atoms with Crippen LogP contribution in [0.25, 0.3) is 11.0 Å². The maximum atomic E-state index is 13.7. The zero-order valence-corrected chi connectivity index (χ0v) is 20.2. The largest absolute Gasteiger partial charge is 0.490 e. The van der Waals surface area contributed by atoms with Gasteiger partial charge in [0.05, 0.1) is 19.8 Å². The quantitative estimate of drug-likeness (QED) is 0.349. The molecule has 0 unspecified atom stereocenters. The van der Waals surface area contributed by atoms with Crippen molar-refractivity contribution in [1.29, 1.82) is 0 Å². The minimum absolute atomic E-state index is 0.124. The van der Waals surface area contributed by atoms with Gasteiger partial charge >= 0.3 is 5.97 Å². The topological polar surface area (TPSA) is 91.7 Å². The number of unbranched alkanes of at least 4 members (excludes halogenated alkanes) is 1. The summed E-state index contributed by atoms with van der Waals surface area (Å²) in [6.07, 6.45) is 3.40. The minimum atomic E-state index is -0.731. The Balaban J connectivity index is 1.94. The Morgan fingerprint density at radius 2 is 2.06 bits per heavy atom. The van der Waals surface area contributed by atoms with Gasteiger partial charge in [-0.05, 0) is 38.1 Å². The Kier molecular flexibility index (Phi) is 7.65. The van der Waals surface area contributed by atoms with Gasteiger partial charge in [-0.2, -0.15) is 0 Å². The number of nitrogens with zero attached hydrogens (tertiary/aromatic N) is 2. The zero-order chi connectivity index (χ0) is 24.9. The molecule has 1 atom stereocenters. The number of nitrogens with one attached hydrogen (secondary N) is 1. The fourth-order valence-corrected chi connectivity index (χ4v) is 4.23. The number of carbonyl (C=O) groups excluding carboxylic acids is 1. The molecule has 0 spiro atoms. The van der Waals surface area contributed by atoms with Crippen molar-refractivity contribution in [2.24, 2.45) is 0 Å². The third kappa shape index (κ3) is 5.00. The maximum absolute atomic E-state index is 13.7. The third-order valence-corrected chi connectivity index (χ3v) is 5.89. The molecule has 0 amide bonds. The molecule has 4 rings (SSSR count). The van der Waals surface area contributed by atoms with Gasteiger partial charge < -0.3 is 19.5 Å². The summed E-state index contributed by atoms with van der Waals surface area (Å²) in [5.41, 5.74) is 1.85. The fraction of sp³-hybridized carbons (Fsp3) is 0.423. The zero-order valence-electron chi connectivity index (χ0n) is 20.2. The normalized spacial score (nSPS) is 14.6. The lowest BCUT2D eigenvalue weighted by Crippen LogP contribution is -2.41. The van der Waals surface area contributed by atoms with E-state index in [1.54, 1.807) is 32.3 Å². The lowest BCUT2D eigenvalue weighted by Gasteiger charge is -2.30. The van der Waals surface area contributed by atoms with Gasteiger partial charge in [-0.15, -0.1) is 0 Å². The number of benzene rings is 1. The monoisotopic (exact) mass is 483 g/mol. The van der Waals surface area contributed by atoms with Crippen LogP contribution in [0.4, 0.5) is 4.39 Å². The second-order valence-corrected chi connectivity index (χ2v) is 8.45. The number of ether oxygens (including phenoxy) is 3. The van der Waals surface area contributed by atoms with Crippen LogP contribution in [-0.4, -0.2) is 48.4 Å². The molecule has 1 aromatic carbocycles. The predicted molar refractivity (Wildman–Crippen MR) is 130 cm³/mol. The third-order valence-electron chi connectivity index (χ3n) is 5.89. The number of rotatable bonds is 10. The molecule has 8 nitrogen and oxygen atoms in total. The summed E-state index contributed by atoms with van der Waals surface area (Å²) in [5.74, 6) is -0.409. The maximum Gasteiger partial charge on any atom is 0.347 e. The van der Waals surface area contributed by atoms with E-state index in [1.165, 1.54) is 16.7 Å². The second-order valence-electron chi connectivity index (χ2n) is 8.45. The lowest BCUT2D eigenvalue weighted by atomic mass is 10.0. The van der Waals surface area contributed by atoms with Crippen molar-refractivity contribution in [3.8, 4) is 11.5 Å². The van der Waals surface area contributed by atoms with Crippen molar-refractivity contribution < 1.29 is 23.4 Å². The Bertz CT molecular complexity index is 1270. The molecule has 1 aliphatic rings. The Labute approximate surface area is 203 Å². The smallest absolute Gasteiger partial charge is 0.347 e. The number of aromatic nitrogens is 2. The highest BCUT2D eigenvalue weighted by molar-refractivity contribution is 6.00. The number of carbonyl (C=O) groups is 1. The molecule has 0 aliphatic carbocycles. The van der Waals surface area contributed by atoms with Crippen LogP contribution in [0.1, 0.15) is 48.2 Å². The predicted octanol–water partition coefficient (Wildman–Crippen LogP) is 3.46. The van der Waals surface area contributed by atoms with Crippen LogP contribution < -0.4 is 20.3 Å². The number of hydrogen-bond acceptors (Lipinski definition) is 7. The van der Waals surface area contributed by atoms with Crippen LogP contribution in [0.5, 0.6) is 11.5 Å². The van der Waals surface area contributed by atoms with Crippen molar-refractivity contribution in [2.75, 3.05) is 26.8 Å². The van der Waals surface area contributed by atoms with E-state index in [0.717, 1.165) is 24.0 Å². The molecule has 0 radical (unpaired) electrons. The highest BCUT2D eigenvalue weighted by Crippen LogP contribution is 2.38. The van der Waals surface area contributed by atoms with Crippen LogP contribution in [0.2, 0.25) is 0 Å². The summed E-state index contributed by atoms with van der Waals surface area (Å²) in [6, 6.07) is 6.22. The molecule has 0 saturated carbocycles. The van der Waals surface area contributed by atoms with Crippen LogP contribution in [0, 0.1) is 5.82 Å². The minimum Gasteiger partial charge on any atom is -0.490 e. The van der Waals surface area contributed by atoms with Crippen LogP contribution in [0.15, 0.2) is 35.3 Å². The van der Waals surface area contributed by atoms with E-state index in [2.05, 4.69) is 10.3 Å². The highest BCUT2D eigenvalue weighted by atomic mass is 19.1. The molecule has 1 aliphatic heterocycles. The van der Waals surface area contributed by atoms with E-state index in [1.807, 2.05) is 6.92 Å². The van der Waals surface area contributed by atoms with E-state index in [0.29, 0.717) is 36.4 Å². The molecule has 35 heavy (non-hydrogen) atoms. The average molecular weight is 484 g/mol. The van der Waals surface area contributed by atoms with Gasteiger partial charge in [0.25, 0.3) is 5.56 Å². The summed E-state index contributed by atoms with van der Waals surface area (Å²) < 4.78 is 32.5. The fourth-order valence-electron chi connectivity index (χ4n) is 4.23. The van der Waals surface area contributed by atoms with E-state index in [-0.39, 0.29) is 36.4 Å². The first kappa shape index (κ1) is 24.7. The van der Waals surface area contributed by atoms with E-state index in [4.69, 9.17) is 14.2 Å². The van der Waals surface area contributed by atoms with Crippen molar-refractivity contribution in [3.05, 3.63) is 63.3 Å². The summed E-state index contributed by atoms with van der Waals surface area (Å²) >= 11 is 0.